The van der Waals surface area contributed by atoms with Crippen LogP contribution in [0.15, 0.2) is 24.3 Å². The molecule has 0 aliphatic heterocycles. The van der Waals surface area contributed by atoms with Crippen molar-refractivity contribution in [3.63, 3.8) is 0 Å². The van der Waals surface area contributed by atoms with Crippen molar-refractivity contribution in [3.8, 4) is 0 Å². The summed E-state index contributed by atoms with van der Waals surface area (Å²) in [6.07, 6.45) is 7.60. The number of rotatable bonds is 6. The second-order valence-electron chi connectivity index (χ2n) is 5.40. The average molecular weight is 280 g/mol. The van der Waals surface area contributed by atoms with Crippen LogP contribution in [0, 0.1) is 5.92 Å². The molecule has 104 valence electrons. The van der Waals surface area contributed by atoms with Gasteiger partial charge in [0.15, 0.2) is 0 Å². The van der Waals surface area contributed by atoms with E-state index in [0.29, 0.717) is 18.2 Å². The Labute approximate surface area is 120 Å². The summed E-state index contributed by atoms with van der Waals surface area (Å²) in [4.78, 5) is 12.0. The number of hydrogen-bond donors (Lipinski definition) is 1. The molecule has 0 spiro atoms. The number of halogens is 1. The fourth-order valence-electron chi connectivity index (χ4n) is 2.76. The largest absolute Gasteiger partial charge is 0.326 e. The van der Waals surface area contributed by atoms with Gasteiger partial charge in [-0.05, 0) is 49.3 Å². The highest BCUT2D eigenvalue weighted by molar-refractivity contribution is 6.17. The van der Waals surface area contributed by atoms with Gasteiger partial charge in [-0.15, -0.1) is 11.6 Å². The van der Waals surface area contributed by atoms with Crippen molar-refractivity contribution in [2.75, 3.05) is 11.2 Å². The van der Waals surface area contributed by atoms with E-state index in [4.69, 9.17) is 11.6 Å². The number of aryl methyl sites for hydroxylation is 1. The minimum absolute atomic E-state index is 0.154. The third-order valence-corrected chi connectivity index (χ3v) is 4.03. The van der Waals surface area contributed by atoms with Gasteiger partial charge >= 0.3 is 0 Å². The molecule has 1 N–H and O–H groups in total. The third kappa shape index (κ3) is 4.87. The van der Waals surface area contributed by atoms with Crippen LogP contribution in [0.4, 0.5) is 5.69 Å². The molecule has 1 saturated carbocycles. The van der Waals surface area contributed by atoms with Gasteiger partial charge in [0.05, 0.1) is 0 Å². The van der Waals surface area contributed by atoms with Crippen molar-refractivity contribution in [3.05, 3.63) is 29.8 Å². The van der Waals surface area contributed by atoms with Crippen molar-refractivity contribution in [1.82, 2.24) is 0 Å². The average Bonchev–Trinajstić information content (AvgIpc) is 2.89. The number of carbonyl (C=O) groups is 1. The second kappa shape index (κ2) is 7.54. The molecule has 1 amide bonds. The highest BCUT2D eigenvalue weighted by Crippen LogP contribution is 2.27. The summed E-state index contributed by atoms with van der Waals surface area (Å²) in [5.41, 5.74) is 2.15. The minimum Gasteiger partial charge on any atom is -0.326 e. The summed E-state index contributed by atoms with van der Waals surface area (Å²) < 4.78 is 0. The van der Waals surface area contributed by atoms with Crippen LogP contribution < -0.4 is 5.32 Å². The van der Waals surface area contributed by atoms with E-state index >= 15 is 0 Å². The molecule has 0 unspecified atom stereocenters. The van der Waals surface area contributed by atoms with Gasteiger partial charge in [0.1, 0.15) is 0 Å². The Kier molecular flexibility index (Phi) is 5.71. The lowest BCUT2D eigenvalue weighted by Gasteiger charge is -2.10. The third-order valence-electron chi connectivity index (χ3n) is 3.76. The van der Waals surface area contributed by atoms with Crippen molar-refractivity contribution in [2.45, 2.75) is 44.9 Å². The van der Waals surface area contributed by atoms with Gasteiger partial charge in [0, 0.05) is 18.0 Å². The molecule has 2 nitrogen and oxygen atoms in total. The van der Waals surface area contributed by atoms with Gasteiger partial charge < -0.3 is 5.32 Å². The molecular weight excluding hydrogens is 258 g/mol. The summed E-state index contributed by atoms with van der Waals surface area (Å²) in [5.74, 6) is 1.43. The molecule has 0 aromatic heterocycles. The van der Waals surface area contributed by atoms with Crippen LogP contribution in [-0.2, 0) is 11.2 Å². The first-order valence-corrected chi connectivity index (χ1v) is 7.76. The maximum atomic E-state index is 12.0. The van der Waals surface area contributed by atoms with Gasteiger partial charge in [-0.2, -0.15) is 0 Å². The van der Waals surface area contributed by atoms with Gasteiger partial charge in [-0.1, -0.05) is 25.0 Å². The smallest absolute Gasteiger partial charge is 0.224 e. The second-order valence-corrected chi connectivity index (χ2v) is 5.77. The molecule has 19 heavy (non-hydrogen) atoms. The van der Waals surface area contributed by atoms with Crippen LogP contribution in [-0.4, -0.2) is 11.8 Å². The molecule has 1 aromatic rings. The lowest BCUT2D eigenvalue weighted by molar-refractivity contribution is -0.117. The number of amides is 1. The maximum absolute atomic E-state index is 12.0. The van der Waals surface area contributed by atoms with E-state index in [1.807, 2.05) is 12.1 Å². The first kappa shape index (κ1) is 14.4. The van der Waals surface area contributed by atoms with Gasteiger partial charge in [-0.25, -0.2) is 0 Å². The molecule has 1 aliphatic rings. The van der Waals surface area contributed by atoms with Crippen LogP contribution in [0.2, 0.25) is 0 Å². The first-order chi connectivity index (χ1) is 9.28. The summed E-state index contributed by atoms with van der Waals surface area (Å²) in [6.45, 7) is 0. The van der Waals surface area contributed by atoms with Crippen molar-refractivity contribution in [1.29, 1.82) is 0 Å². The van der Waals surface area contributed by atoms with E-state index in [9.17, 15) is 4.79 Å². The molecule has 1 aliphatic carbocycles. The van der Waals surface area contributed by atoms with Crippen LogP contribution in [0.25, 0.3) is 0 Å². The molecule has 2 rings (SSSR count). The van der Waals surface area contributed by atoms with Crippen LogP contribution in [0.1, 0.15) is 44.1 Å². The Morgan fingerprint density at radius 3 is 2.84 bits per heavy atom. The number of anilines is 1. The van der Waals surface area contributed by atoms with E-state index < -0.39 is 0 Å². The fraction of sp³-hybridized carbons (Fsp3) is 0.562. The summed E-state index contributed by atoms with van der Waals surface area (Å²) >= 11 is 5.70. The number of benzene rings is 1. The highest BCUT2D eigenvalue weighted by Gasteiger charge is 2.18. The number of hydrogen-bond acceptors (Lipinski definition) is 1. The van der Waals surface area contributed by atoms with E-state index in [1.54, 1.807) is 0 Å². The molecule has 0 saturated heterocycles. The topological polar surface area (TPSA) is 29.1 Å². The Hall–Kier alpha value is -1.02. The van der Waals surface area contributed by atoms with E-state index in [-0.39, 0.29) is 5.91 Å². The van der Waals surface area contributed by atoms with Crippen LogP contribution in [0.3, 0.4) is 0 Å². The molecule has 0 bridgehead atoms. The highest BCUT2D eigenvalue weighted by atomic mass is 35.5. The zero-order valence-corrected chi connectivity index (χ0v) is 12.1. The van der Waals surface area contributed by atoms with E-state index in [1.165, 1.54) is 31.2 Å². The Bertz CT molecular complexity index is 413. The Morgan fingerprint density at radius 1 is 1.32 bits per heavy atom. The van der Waals surface area contributed by atoms with Crippen molar-refractivity contribution >= 4 is 23.2 Å². The van der Waals surface area contributed by atoms with Gasteiger partial charge in [-0.3, -0.25) is 4.79 Å². The lowest BCUT2D eigenvalue weighted by Crippen LogP contribution is -2.15. The molecule has 0 radical (unpaired) electrons. The van der Waals surface area contributed by atoms with E-state index in [0.717, 1.165) is 18.5 Å². The Balaban J connectivity index is 1.85. The molecule has 0 heterocycles. The zero-order valence-electron chi connectivity index (χ0n) is 11.3. The Morgan fingerprint density at radius 2 is 2.11 bits per heavy atom. The predicted molar refractivity (Wildman–Crippen MR) is 80.7 cm³/mol. The molecular formula is C16H22ClNO. The maximum Gasteiger partial charge on any atom is 0.224 e. The molecule has 0 atom stereocenters. The van der Waals surface area contributed by atoms with Gasteiger partial charge in [0.2, 0.25) is 5.91 Å². The molecule has 1 fully saturated rings. The fourth-order valence-corrected chi connectivity index (χ4v) is 2.90. The first-order valence-electron chi connectivity index (χ1n) is 7.22. The molecule has 3 heteroatoms. The quantitative estimate of drug-likeness (QED) is 0.770. The van der Waals surface area contributed by atoms with Gasteiger partial charge in [0.25, 0.3) is 0 Å². The summed E-state index contributed by atoms with van der Waals surface area (Å²) in [6, 6.07) is 8.09. The zero-order chi connectivity index (χ0) is 13.5. The number of carbonyl (C=O) groups excluding carboxylic acids is 1. The standard InChI is InChI=1S/C16H22ClNO/c17-10-4-8-13-7-3-9-15(11-13)18-16(19)12-14-5-1-2-6-14/h3,7,9,11,14H,1-2,4-6,8,10,12H2,(H,18,19). The van der Waals surface area contributed by atoms with Crippen molar-refractivity contribution in [2.24, 2.45) is 5.92 Å². The monoisotopic (exact) mass is 279 g/mol. The van der Waals surface area contributed by atoms with Crippen LogP contribution in [0.5, 0.6) is 0 Å². The lowest BCUT2D eigenvalue weighted by atomic mass is 10.0. The van der Waals surface area contributed by atoms with E-state index in [2.05, 4.69) is 17.4 Å². The van der Waals surface area contributed by atoms with Crippen LogP contribution >= 0.6 is 11.6 Å². The minimum atomic E-state index is 0.154. The SMILES string of the molecule is O=C(CC1CCCC1)Nc1cccc(CCCCl)c1. The summed E-state index contributed by atoms with van der Waals surface area (Å²) in [7, 11) is 0. The number of alkyl halides is 1. The molecule has 1 aromatic carbocycles. The van der Waals surface area contributed by atoms with Crippen molar-refractivity contribution < 1.29 is 4.79 Å². The predicted octanol–water partition coefficient (Wildman–Crippen LogP) is 4.38. The number of nitrogens with one attached hydrogen (secondary N) is 1. The normalized spacial score (nSPS) is 15.6. The summed E-state index contributed by atoms with van der Waals surface area (Å²) in [5, 5.41) is 3.01.